The first-order chi connectivity index (χ1) is 14.2. The number of rotatable bonds is 5. The molecule has 7 nitrogen and oxygen atoms in total. The number of aromatic nitrogens is 1. The maximum Gasteiger partial charge on any atom is 0.379 e. The van der Waals surface area contributed by atoms with Gasteiger partial charge in [-0.1, -0.05) is 24.3 Å². The zero-order valence-electron chi connectivity index (χ0n) is 15.1. The van der Waals surface area contributed by atoms with Crippen LogP contribution in [-0.2, 0) is 0 Å². The molecule has 0 saturated heterocycles. The summed E-state index contributed by atoms with van der Waals surface area (Å²) in [7, 11) is 0. The van der Waals surface area contributed by atoms with E-state index in [1.165, 1.54) is 18.5 Å². The van der Waals surface area contributed by atoms with Crippen LogP contribution in [-0.4, -0.2) is 23.1 Å². The fourth-order valence-corrected chi connectivity index (χ4v) is 2.59. The first kappa shape index (κ1) is 18.1. The molecule has 0 aliphatic heterocycles. The number of para-hydroxylation sites is 1. The molecule has 4 rings (SSSR count). The van der Waals surface area contributed by atoms with E-state index in [-0.39, 0.29) is 11.5 Å². The number of hydrogen-bond donors (Lipinski definition) is 1. The fourth-order valence-electron chi connectivity index (χ4n) is 2.59. The molecule has 2 aromatic heterocycles. The van der Waals surface area contributed by atoms with E-state index < -0.39 is 11.9 Å². The minimum atomic E-state index is -0.577. The van der Waals surface area contributed by atoms with E-state index >= 15 is 0 Å². The van der Waals surface area contributed by atoms with Gasteiger partial charge in [-0.05, 0) is 54.1 Å². The van der Waals surface area contributed by atoms with Crippen molar-refractivity contribution in [3.8, 4) is 5.75 Å². The van der Waals surface area contributed by atoms with E-state index in [2.05, 4.69) is 15.5 Å². The van der Waals surface area contributed by atoms with E-state index in [0.717, 1.165) is 16.5 Å². The molecular formula is C22H15N3O4. The van der Waals surface area contributed by atoms with Crippen molar-refractivity contribution in [1.29, 1.82) is 0 Å². The molecule has 2 heterocycles. The van der Waals surface area contributed by atoms with E-state index in [0.29, 0.717) is 5.75 Å². The Morgan fingerprint density at radius 3 is 2.59 bits per heavy atom. The Bertz CT molecular complexity index is 1180. The highest BCUT2D eigenvalue weighted by atomic mass is 16.5. The summed E-state index contributed by atoms with van der Waals surface area (Å²) in [5, 5.41) is 4.90. The predicted octanol–water partition coefficient (Wildman–Crippen LogP) is 3.81. The number of carbonyl (C=O) groups excluding carboxylic acids is 2. The predicted molar refractivity (Wildman–Crippen MR) is 107 cm³/mol. The molecule has 0 spiro atoms. The summed E-state index contributed by atoms with van der Waals surface area (Å²) in [6, 6.07) is 20.8. The van der Waals surface area contributed by atoms with Crippen LogP contribution in [0.3, 0.4) is 0 Å². The molecule has 0 bridgehead atoms. The van der Waals surface area contributed by atoms with Crippen molar-refractivity contribution < 1.29 is 18.7 Å². The second-order valence-corrected chi connectivity index (χ2v) is 6.02. The lowest BCUT2D eigenvalue weighted by molar-refractivity contribution is 0.0701. The third kappa shape index (κ3) is 4.36. The third-order valence-corrected chi connectivity index (χ3v) is 4.02. The summed E-state index contributed by atoms with van der Waals surface area (Å²) in [5.74, 6) is -0.490. The van der Waals surface area contributed by atoms with Crippen LogP contribution in [0.2, 0.25) is 0 Å². The molecule has 1 amide bonds. The molecule has 7 heteroatoms. The molecule has 0 saturated carbocycles. The number of benzene rings is 2. The Morgan fingerprint density at radius 2 is 1.79 bits per heavy atom. The van der Waals surface area contributed by atoms with E-state index in [1.807, 2.05) is 30.3 Å². The summed E-state index contributed by atoms with van der Waals surface area (Å²) in [6.45, 7) is 0. The molecule has 0 unspecified atom stereocenters. The van der Waals surface area contributed by atoms with E-state index in [1.54, 1.807) is 36.4 Å². The number of carbonyl (C=O) groups is 2. The zero-order valence-corrected chi connectivity index (χ0v) is 15.1. The number of fused-ring (bicyclic) bond motifs is 1. The quantitative estimate of drug-likeness (QED) is 0.244. The number of ether oxygens (including phenoxy) is 1. The highest BCUT2D eigenvalue weighted by Gasteiger charge is 2.11. The fraction of sp³-hybridized carbons (Fsp3) is 0. The van der Waals surface area contributed by atoms with Gasteiger partial charge in [-0.15, -0.1) is 0 Å². The van der Waals surface area contributed by atoms with E-state index in [4.69, 9.17) is 9.15 Å². The number of nitrogens with one attached hydrogen (secondary N) is 1. The zero-order chi connectivity index (χ0) is 20.1. The lowest BCUT2D eigenvalue weighted by Gasteiger charge is -2.03. The Balaban J connectivity index is 1.36. The van der Waals surface area contributed by atoms with Crippen molar-refractivity contribution >= 4 is 29.0 Å². The Morgan fingerprint density at radius 1 is 0.966 bits per heavy atom. The number of hydrogen-bond acceptors (Lipinski definition) is 6. The molecule has 1 N–H and O–H groups in total. The molecule has 142 valence electrons. The van der Waals surface area contributed by atoms with Gasteiger partial charge in [0.05, 0.1) is 18.0 Å². The maximum atomic E-state index is 12.2. The average molecular weight is 385 g/mol. The van der Waals surface area contributed by atoms with Crippen molar-refractivity contribution in [3.05, 3.63) is 96.1 Å². The van der Waals surface area contributed by atoms with Crippen LogP contribution in [0.4, 0.5) is 0 Å². The van der Waals surface area contributed by atoms with Crippen molar-refractivity contribution in [2.24, 2.45) is 5.10 Å². The van der Waals surface area contributed by atoms with Gasteiger partial charge in [0.2, 0.25) is 5.76 Å². The highest BCUT2D eigenvalue weighted by Crippen LogP contribution is 2.14. The van der Waals surface area contributed by atoms with Crippen LogP contribution in [0.15, 0.2) is 88.6 Å². The van der Waals surface area contributed by atoms with Gasteiger partial charge >= 0.3 is 5.97 Å². The number of amides is 1. The van der Waals surface area contributed by atoms with Crippen molar-refractivity contribution in [1.82, 2.24) is 10.4 Å². The molecular weight excluding hydrogens is 370 g/mol. The molecule has 0 fully saturated rings. The van der Waals surface area contributed by atoms with Crippen molar-refractivity contribution in [2.75, 3.05) is 0 Å². The van der Waals surface area contributed by atoms with Gasteiger partial charge < -0.3 is 9.15 Å². The summed E-state index contributed by atoms with van der Waals surface area (Å²) >= 11 is 0. The molecule has 0 aliphatic carbocycles. The van der Waals surface area contributed by atoms with Gasteiger partial charge in [0.15, 0.2) is 0 Å². The van der Waals surface area contributed by atoms with Crippen molar-refractivity contribution in [2.45, 2.75) is 0 Å². The Kier molecular flexibility index (Phi) is 5.11. The second kappa shape index (κ2) is 8.18. The van der Waals surface area contributed by atoms with Crippen molar-refractivity contribution in [3.63, 3.8) is 0 Å². The Hall–Kier alpha value is -4.26. The number of nitrogens with zero attached hydrogens (tertiary/aromatic N) is 2. The van der Waals surface area contributed by atoms with E-state index in [9.17, 15) is 9.59 Å². The van der Waals surface area contributed by atoms with Crippen LogP contribution in [0, 0.1) is 0 Å². The number of esters is 1. The lowest BCUT2D eigenvalue weighted by atomic mass is 10.2. The molecule has 29 heavy (non-hydrogen) atoms. The monoisotopic (exact) mass is 385 g/mol. The number of hydrazone groups is 1. The summed E-state index contributed by atoms with van der Waals surface area (Å²) in [5.41, 5.74) is 4.18. The first-order valence-electron chi connectivity index (χ1n) is 8.74. The molecule has 0 aliphatic rings. The topological polar surface area (TPSA) is 93.8 Å². The minimum absolute atomic E-state index is 0.126. The van der Waals surface area contributed by atoms with Gasteiger partial charge in [-0.25, -0.2) is 15.2 Å². The van der Waals surface area contributed by atoms with Crippen LogP contribution in [0.1, 0.15) is 26.6 Å². The van der Waals surface area contributed by atoms with Gasteiger partial charge in [-0.3, -0.25) is 4.79 Å². The summed E-state index contributed by atoms with van der Waals surface area (Å²) < 4.78 is 10.2. The molecule has 2 aromatic carbocycles. The van der Waals surface area contributed by atoms with Crippen LogP contribution in [0.5, 0.6) is 5.75 Å². The third-order valence-electron chi connectivity index (χ3n) is 4.02. The Labute approximate surface area is 165 Å². The van der Waals surface area contributed by atoms with Gasteiger partial charge in [0.1, 0.15) is 11.4 Å². The molecule has 0 radical (unpaired) electrons. The van der Waals surface area contributed by atoms with Gasteiger partial charge in [0.25, 0.3) is 5.91 Å². The molecule has 4 aromatic rings. The smallest absolute Gasteiger partial charge is 0.379 e. The minimum Gasteiger partial charge on any atom is -0.457 e. The number of pyridine rings is 1. The average Bonchev–Trinajstić information content (AvgIpc) is 3.30. The second-order valence-electron chi connectivity index (χ2n) is 6.02. The van der Waals surface area contributed by atoms with Gasteiger partial charge in [-0.2, -0.15) is 5.10 Å². The SMILES string of the molecule is O=C(N/N=C\c1ccc(OC(=O)c2ccco2)cc1)c1ccc2ccccc2n1. The first-order valence-corrected chi connectivity index (χ1v) is 8.74. The normalized spacial score (nSPS) is 10.9. The standard InChI is InChI=1S/C22H15N3O4/c26-21(19-12-9-16-4-1-2-5-18(16)24-19)25-23-14-15-7-10-17(11-8-15)29-22(27)20-6-3-13-28-20/h1-14H,(H,25,26)/b23-14-. The molecule has 0 atom stereocenters. The van der Waals surface area contributed by atoms with Gasteiger partial charge in [0, 0.05) is 5.39 Å². The lowest BCUT2D eigenvalue weighted by Crippen LogP contribution is -2.18. The van der Waals surface area contributed by atoms with Crippen LogP contribution < -0.4 is 10.2 Å². The summed E-state index contributed by atoms with van der Waals surface area (Å²) in [6.07, 6.45) is 2.88. The summed E-state index contributed by atoms with van der Waals surface area (Å²) in [4.78, 5) is 28.4. The highest BCUT2D eigenvalue weighted by molar-refractivity contribution is 5.95. The maximum absolute atomic E-state index is 12.2. The van der Waals surface area contributed by atoms with Crippen LogP contribution >= 0.6 is 0 Å². The number of furan rings is 1. The van der Waals surface area contributed by atoms with Crippen LogP contribution in [0.25, 0.3) is 10.9 Å². The largest absolute Gasteiger partial charge is 0.457 e.